The van der Waals surface area contributed by atoms with Gasteiger partial charge in [-0.1, -0.05) is 6.07 Å². The highest BCUT2D eigenvalue weighted by Crippen LogP contribution is 2.17. The van der Waals surface area contributed by atoms with Gasteiger partial charge in [0.05, 0.1) is 17.3 Å². The first kappa shape index (κ1) is 17.7. The Morgan fingerprint density at radius 2 is 1.86 bits per heavy atom. The van der Waals surface area contributed by atoms with Crippen molar-refractivity contribution in [1.29, 1.82) is 5.26 Å². The Kier molecular flexibility index (Phi) is 4.72. The molecule has 0 radical (unpaired) electrons. The number of anilines is 1. The maximum Gasteiger partial charge on any atom is 0.254 e. The van der Waals surface area contributed by atoms with Gasteiger partial charge < -0.3 is 9.80 Å². The fourth-order valence-corrected chi connectivity index (χ4v) is 3.22. The first-order valence-electron chi connectivity index (χ1n) is 9.03. The Hall–Kier alpha value is -3.73. The second kappa shape index (κ2) is 7.48. The molecule has 1 amide bonds. The Morgan fingerprint density at radius 3 is 2.57 bits per heavy atom. The molecule has 8 nitrogen and oxygen atoms in total. The second-order valence-corrected chi connectivity index (χ2v) is 6.61. The van der Waals surface area contributed by atoms with E-state index in [-0.39, 0.29) is 5.91 Å². The van der Waals surface area contributed by atoms with Crippen LogP contribution in [0.15, 0.2) is 48.9 Å². The third-order valence-corrected chi connectivity index (χ3v) is 4.72. The molecule has 0 aliphatic carbocycles. The number of aryl methyl sites for hydroxylation is 1. The van der Waals surface area contributed by atoms with E-state index in [1.807, 2.05) is 30.2 Å². The molecule has 1 fully saturated rings. The number of carbonyl (C=O) groups is 1. The molecule has 3 aromatic rings. The SMILES string of the molecule is Cc1ccn(-c2cc(N3CCN(C(=O)c4cccc(C#N)c4)CC3)ncn2)n1. The van der Waals surface area contributed by atoms with Crippen molar-refractivity contribution in [1.82, 2.24) is 24.6 Å². The van der Waals surface area contributed by atoms with Crippen LogP contribution in [0.1, 0.15) is 21.6 Å². The summed E-state index contributed by atoms with van der Waals surface area (Å²) in [6.07, 6.45) is 3.40. The minimum atomic E-state index is -0.0489. The van der Waals surface area contributed by atoms with E-state index in [1.54, 1.807) is 28.9 Å². The van der Waals surface area contributed by atoms with E-state index in [0.717, 1.165) is 11.5 Å². The van der Waals surface area contributed by atoms with Gasteiger partial charge in [-0.05, 0) is 31.2 Å². The van der Waals surface area contributed by atoms with E-state index in [0.29, 0.717) is 43.1 Å². The number of nitrogens with zero attached hydrogens (tertiary/aromatic N) is 7. The van der Waals surface area contributed by atoms with Crippen LogP contribution < -0.4 is 4.90 Å². The van der Waals surface area contributed by atoms with Crippen LogP contribution in [-0.4, -0.2) is 56.7 Å². The number of piperazine rings is 1. The number of hydrogen-bond acceptors (Lipinski definition) is 6. The summed E-state index contributed by atoms with van der Waals surface area (Å²) in [7, 11) is 0. The Morgan fingerprint density at radius 1 is 1.07 bits per heavy atom. The molecular weight excluding hydrogens is 354 g/mol. The number of aromatic nitrogens is 4. The third-order valence-electron chi connectivity index (χ3n) is 4.72. The van der Waals surface area contributed by atoms with Gasteiger partial charge in [-0.2, -0.15) is 10.4 Å². The molecule has 0 atom stereocenters. The van der Waals surface area contributed by atoms with Crippen LogP contribution in [0, 0.1) is 18.3 Å². The molecule has 0 spiro atoms. The van der Waals surface area contributed by atoms with E-state index >= 15 is 0 Å². The van der Waals surface area contributed by atoms with Crippen LogP contribution >= 0.6 is 0 Å². The van der Waals surface area contributed by atoms with E-state index < -0.39 is 0 Å². The first-order chi connectivity index (χ1) is 13.6. The smallest absolute Gasteiger partial charge is 0.254 e. The van der Waals surface area contributed by atoms with Crippen molar-refractivity contribution in [3.8, 4) is 11.9 Å². The zero-order valence-corrected chi connectivity index (χ0v) is 15.5. The molecule has 0 N–H and O–H groups in total. The summed E-state index contributed by atoms with van der Waals surface area (Å²) in [6, 6.07) is 12.7. The fraction of sp³-hybridized carbons (Fsp3) is 0.250. The highest BCUT2D eigenvalue weighted by molar-refractivity contribution is 5.94. The zero-order valence-electron chi connectivity index (χ0n) is 15.5. The quantitative estimate of drug-likeness (QED) is 0.695. The van der Waals surface area contributed by atoms with Crippen LogP contribution in [0.4, 0.5) is 5.82 Å². The largest absolute Gasteiger partial charge is 0.353 e. The van der Waals surface area contributed by atoms with E-state index in [9.17, 15) is 4.79 Å². The topological polar surface area (TPSA) is 90.9 Å². The average molecular weight is 373 g/mol. The normalized spacial score (nSPS) is 14.0. The predicted octanol–water partition coefficient (Wildman–Crippen LogP) is 1.80. The van der Waals surface area contributed by atoms with Gasteiger partial charge in [0.15, 0.2) is 5.82 Å². The van der Waals surface area contributed by atoms with Gasteiger partial charge in [0.25, 0.3) is 5.91 Å². The van der Waals surface area contributed by atoms with Crippen molar-refractivity contribution in [2.24, 2.45) is 0 Å². The van der Waals surface area contributed by atoms with Crippen molar-refractivity contribution in [2.75, 3.05) is 31.1 Å². The Labute approximate surface area is 162 Å². The van der Waals surface area contributed by atoms with Crippen molar-refractivity contribution in [3.63, 3.8) is 0 Å². The first-order valence-corrected chi connectivity index (χ1v) is 9.03. The lowest BCUT2D eigenvalue weighted by Gasteiger charge is -2.35. The standard InChI is InChI=1S/C20H19N7O/c1-15-5-6-27(24-15)19-12-18(22-14-23-19)25-7-9-26(10-8-25)20(28)17-4-2-3-16(11-17)13-21/h2-6,11-12,14H,7-10H2,1H3. The molecule has 1 aromatic carbocycles. The van der Waals surface area contributed by atoms with E-state index in [4.69, 9.17) is 5.26 Å². The lowest BCUT2D eigenvalue weighted by atomic mass is 10.1. The molecule has 2 aromatic heterocycles. The minimum Gasteiger partial charge on any atom is -0.353 e. The number of hydrogen-bond donors (Lipinski definition) is 0. The second-order valence-electron chi connectivity index (χ2n) is 6.61. The molecule has 28 heavy (non-hydrogen) atoms. The minimum absolute atomic E-state index is 0.0489. The fourth-order valence-electron chi connectivity index (χ4n) is 3.22. The predicted molar refractivity (Wildman–Crippen MR) is 103 cm³/mol. The highest BCUT2D eigenvalue weighted by Gasteiger charge is 2.23. The van der Waals surface area contributed by atoms with Crippen molar-refractivity contribution in [3.05, 3.63) is 65.7 Å². The van der Waals surface area contributed by atoms with Crippen molar-refractivity contribution >= 4 is 11.7 Å². The van der Waals surface area contributed by atoms with Gasteiger partial charge in [0, 0.05) is 44.0 Å². The van der Waals surface area contributed by atoms with Crippen LogP contribution in [0.2, 0.25) is 0 Å². The zero-order chi connectivity index (χ0) is 19.5. The maximum absolute atomic E-state index is 12.7. The van der Waals surface area contributed by atoms with Gasteiger partial charge in [-0.15, -0.1) is 0 Å². The third kappa shape index (κ3) is 3.55. The molecule has 0 saturated carbocycles. The van der Waals surface area contributed by atoms with Gasteiger partial charge in [0.1, 0.15) is 12.1 Å². The Bertz CT molecular complexity index is 1040. The summed E-state index contributed by atoms with van der Waals surface area (Å²) in [5.41, 5.74) is 1.96. The number of amides is 1. The van der Waals surface area contributed by atoms with Crippen molar-refractivity contribution in [2.45, 2.75) is 6.92 Å². The monoisotopic (exact) mass is 373 g/mol. The summed E-state index contributed by atoms with van der Waals surface area (Å²) in [5, 5.41) is 13.4. The van der Waals surface area contributed by atoms with E-state index in [2.05, 4.69) is 26.0 Å². The number of carbonyl (C=O) groups excluding carboxylic acids is 1. The molecule has 1 saturated heterocycles. The molecule has 1 aliphatic heterocycles. The number of rotatable bonds is 3. The summed E-state index contributed by atoms with van der Waals surface area (Å²) >= 11 is 0. The summed E-state index contributed by atoms with van der Waals surface area (Å²) in [6.45, 7) is 4.48. The van der Waals surface area contributed by atoms with Crippen molar-refractivity contribution < 1.29 is 4.79 Å². The lowest BCUT2D eigenvalue weighted by molar-refractivity contribution is 0.0746. The molecule has 8 heteroatoms. The van der Waals surface area contributed by atoms with Crippen LogP contribution in [0.25, 0.3) is 5.82 Å². The van der Waals surface area contributed by atoms with Gasteiger partial charge in [-0.3, -0.25) is 4.79 Å². The van der Waals surface area contributed by atoms with Gasteiger partial charge in [-0.25, -0.2) is 14.6 Å². The summed E-state index contributed by atoms with van der Waals surface area (Å²) in [4.78, 5) is 25.3. The average Bonchev–Trinajstić information content (AvgIpc) is 3.20. The van der Waals surface area contributed by atoms with Crippen LogP contribution in [0.3, 0.4) is 0 Å². The Balaban J connectivity index is 1.44. The molecule has 0 unspecified atom stereocenters. The van der Waals surface area contributed by atoms with Gasteiger partial charge in [0.2, 0.25) is 0 Å². The molecule has 1 aliphatic rings. The number of nitriles is 1. The maximum atomic E-state index is 12.7. The molecular formula is C20H19N7O. The molecule has 0 bridgehead atoms. The van der Waals surface area contributed by atoms with Gasteiger partial charge >= 0.3 is 0 Å². The highest BCUT2D eigenvalue weighted by atomic mass is 16.2. The van der Waals surface area contributed by atoms with Crippen LogP contribution in [0.5, 0.6) is 0 Å². The number of benzene rings is 1. The molecule has 4 rings (SSSR count). The lowest BCUT2D eigenvalue weighted by Crippen LogP contribution is -2.49. The molecule has 3 heterocycles. The van der Waals surface area contributed by atoms with E-state index in [1.165, 1.54) is 6.33 Å². The van der Waals surface area contributed by atoms with Crippen LogP contribution in [-0.2, 0) is 0 Å². The summed E-state index contributed by atoms with van der Waals surface area (Å²) in [5.74, 6) is 1.48. The summed E-state index contributed by atoms with van der Waals surface area (Å²) < 4.78 is 1.72. The molecule has 140 valence electrons.